The Hall–Kier alpha value is -3.96. The summed E-state index contributed by atoms with van der Waals surface area (Å²) in [5, 5.41) is 2.85. The second-order valence-electron chi connectivity index (χ2n) is 8.62. The molecule has 4 aromatic rings. The second kappa shape index (κ2) is 11.0. The van der Waals surface area contributed by atoms with Crippen LogP contribution in [0, 0.1) is 0 Å². The Morgan fingerprint density at radius 2 is 1.81 bits per heavy atom. The van der Waals surface area contributed by atoms with Crippen molar-refractivity contribution in [3.63, 3.8) is 0 Å². The summed E-state index contributed by atoms with van der Waals surface area (Å²) in [6.07, 6.45) is -1.85. The number of alkyl halides is 2. The number of para-hydroxylation sites is 2. The molecule has 1 amide bonds. The van der Waals surface area contributed by atoms with Gasteiger partial charge in [-0.25, -0.2) is 18.7 Å². The summed E-state index contributed by atoms with van der Waals surface area (Å²) in [6.45, 7) is 2.78. The number of nitrogens with zero attached hydrogens (tertiary/aromatic N) is 5. The molecular weight excluding hydrogens is 480 g/mol. The molecule has 1 aliphatic heterocycles. The highest BCUT2D eigenvalue weighted by atomic mass is 19.3. The zero-order chi connectivity index (χ0) is 25.8. The predicted molar refractivity (Wildman–Crippen MR) is 137 cm³/mol. The van der Waals surface area contributed by atoms with Crippen LogP contribution in [0.1, 0.15) is 25.1 Å². The first-order chi connectivity index (χ1) is 18.0. The molecule has 0 saturated carbocycles. The number of carbonyl (C=O) groups is 1. The van der Waals surface area contributed by atoms with E-state index in [1.165, 1.54) is 4.57 Å². The van der Waals surface area contributed by atoms with Crippen LogP contribution in [0.5, 0.6) is 0 Å². The summed E-state index contributed by atoms with van der Waals surface area (Å²) in [5.41, 5.74) is 8.37. The minimum absolute atomic E-state index is 0.108. The average molecular weight is 508 g/mol. The van der Waals surface area contributed by atoms with Crippen LogP contribution in [-0.2, 0) is 9.53 Å². The van der Waals surface area contributed by atoms with Crippen LogP contribution >= 0.6 is 0 Å². The SMILES string of the molecule is NCCCC(=O)Nc1ccc(-c2cc(N3CCOCC3)nc(-n3c(C(F)F)nc4ccccc43)n2)cc1. The Bertz CT molecular complexity index is 1390. The van der Waals surface area contributed by atoms with Gasteiger partial charge in [-0.05, 0) is 37.2 Å². The molecule has 0 bridgehead atoms. The molecule has 0 radical (unpaired) electrons. The van der Waals surface area contributed by atoms with Crippen LogP contribution in [-0.4, -0.2) is 58.3 Å². The van der Waals surface area contributed by atoms with Crippen molar-refractivity contribution in [2.75, 3.05) is 43.1 Å². The van der Waals surface area contributed by atoms with Gasteiger partial charge in [0.05, 0.1) is 29.9 Å². The smallest absolute Gasteiger partial charge is 0.296 e. The first-order valence-corrected chi connectivity index (χ1v) is 12.1. The number of hydrogen-bond acceptors (Lipinski definition) is 7. The first-order valence-electron chi connectivity index (χ1n) is 12.1. The molecule has 192 valence electrons. The number of fused-ring (bicyclic) bond motifs is 1. The minimum atomic E-state index is -2.81. The van der Waals surface area contributed by atoms with E-state index in [-0.39, 0.29) is 11.9 Å². The molecule has 9 nitrogen and oxygen atoms in total. The number of imidazole rings is 1. The normalized spacial score (nSPS) is 13.9. The number of ether oxygens (including phenoxy) is 1. The van der Waals surface area contributed by atoms with Crippen LogP contribution in [0.15, 0.2) is 54.6 Å². The molecule has 3 N–H and O–H groups in total. The predicted octanol–water partition coefficient (Wildman–Crippen LogP) is 3.93. The molecular formula is C26H27F2N7O2. The Labute approximate surface area is 212 Å². The molecule has 37 heavy (non-hydrogen) atoms. The molecule has 3 heterocycles. The van der Waals surface area contributed by atoms with Crippen molar-refractivity contribution in [1.29, 1.82) is 0 Å². The highest BCUT2D eigenvalue weighted by Gasteiger charge is 2.24. The fourth-order valence-electron chi connectivity index (χ4n) is 4.24. The molecule has 1 saturated heterocycles. The highest BCUT2D eigenvalue weighted by Crippen LogP contribution is 2.30. The molecule has 0 aliphatic carbocycles. The van der Waals surface area contributed by atoms with Crippen molar-refractivity contribution < 1.29 is 18.3 Å². The molecule has 2 aromatic carbocycles. The number of hydrogen-bond donors (Lipinski definition) is 2. The van der Waals surface area contributed by atoms with E-state index in [9.17, 15) is 13.6 Å². The molecule has 0 unspecified atom stereocenters. The second-order valence-corrected chi connectivity index (χ2v) is 8.62. The quantitative estimate of drug-likeness (QED) is 0.372. The largest absolute Gasteiger partial charge is 0.378 e. The lowest BCUT2D eigenvalue weighted by Crippen LogP contribution is -2.37. The van der Waals surface area contributed by atoms with Crippen molar-refractivity contribution >= 4 is 28.4 Å². The van der Waals surface area contributed by atoms with Gasteiger partial charge in [0, 0.05) is 36.8 Å². The summed E-state index contributed by atoms with van der Waals surface area (Å²) in [6, 6.07) is 16.0. The van der Waals surface area contributed by atoms with E-state index in [2.05, 4.69) is 20.3 Å². The van der Waals surface area contributed by atoms with Crippen molar-refractivity contribution in [3.05, 3.63) is 60.4 Å². The third kappa shape index (κ3) is 5.42. The van der Waals surface area contributed by atoms with Crippen LogP contribution in [0.4, 0.5) is 20.3 Å². The van der Waals surface area contributed by atoms with Crippen LogP contribution in [0.3, 0.4) is 0 Å². The Morgan fingerprint density at radius 3 is 2.54 bits per heavy atom. The lowest BCUT2D eigenvalue weighted by Gasteiger charge is -2.28. The van der Waals surface area contributed by atoms with Gasteiger partial charge in [0.2, 0.25) is 11.9 Å². The van der Waals surface area contributed by atoms with Crippen LogP contribution < -0.4 is 16.0 Å². The third-order valence-corrected chi connectivity index (χ3v) is 6.09. The van der Waals surface area contributed by atoms with Gasteiger partial charge in [-0.2, -0.15) is 4.98 Å². The summed E-state index contributed by atoms with van der Waals surface area (Å²) in [7, 11) is 0. The maximum atomic E-state index is 14.0. The van der Waals surface area contributed by atoms with Gasteiger partial charge in [0.25, 0.3) is 6.43 Å². The minimum Gasteiger partial charge on any atom is -0.378 e. The van der Waals surface area contributed by atoms with Gasteiger partial charge < -0.3 is 20.7 Å². The van der Waals surface area contributed by atoms with E-state index >= 15 is 0 Å². The van der Waals surface area contributed by atoms with Crippen molar-refractivity contribution in [2.45, 2.75) is 19.3 Å². The van der Waals surface area contributed by atoms with Gasteiger partial charge in [-0.15, -0.1) is 0 Å². The van der Waals surface area contributed by atoms with Crippen molar-refractivity contribution in [1.82, 2.24) is 19.5 Å². The number of carbonyl (C=O) groups excluding carboxylic acids is 1. The van der Waals surface area contributed by atoms with E-state index in [0.29, 0.717) is 73.9 Å². The van der Waals surface area contributed by atoms with Crippen LogP contribution in [0.2, 0.25) is 0 Å². The Morgan fingerprint density at radius 1 is 1.05 bits per heavy atom. The highest BCUT2D eigenvalue weighted by molar-refractivity contribution is 5.91. The number of halogens is 2. The van der Waals surface area contributed by atoms with Crippen molar-refractivity contribution in [2.24, 2.45) is 5.73 Å². The number of amides is 1. The zero-order valence-corrected chi connectivity index (χ0v) is 20.1. The fourth-order valence-corrected chi connectivity index (χ4v) is 4.24. The van der Waals surface area contributed by atoms with E-state index in [4.69, 9.17) is 10.5 Å². The van der Waals surface area contributed by atoms with Crippen LogP contribution in [0.25, 0.3) is 28.2 Å². The Kier molecular flexibility index (Phi) is 7.33. The summed E-state index contributed by atoms with van der Waals surface area (Å²) < 4.78 is 34.9. The number of benzene rings is 2. The molecule has 2 aromatic heterocycles. The molecule has 0 spiro atoms. The topological polar surface area (TPSA) is 111 Å². The molecule has 0 atom stereocenters. The molecule has 11 heteroatoms. The number of rotatable bonds is 8. The number of nitrogens with one attached hydrogen (secondary N) is 1. The number of morpholine rings is 1. The van der Waals surface area contributed by atoms with E-state index in [0.717, 1.165) is 5.56 Å². The van der Waals surface area contributed by atoms with E-state index < -0.39 is 12.2 Å². The summed E-state index contributed by atoms with van der Waals surface area (Å²) >= 11 is 0. The van der Waals surface area contributed by atoms with Gasteiger partial charge in [-0.3, -0.25) is 9.36 Å². The maximum absolute atomic E-state index is 14.0. The average Bonchev–Trinajstić information content (AvgIpc) is 3.33. The Balaban J connectivity index is 1.57. The lowest BCUT2D eigenvalue weighted by atomic mass is 10.1. The van der Waals surface area contributed by atoms with Gasteiger partial charge >= 0.3 is 0 Å². The van der Waals surface area contributed by atoms with E-state index in [1.54, 1.807) is 36.4 Å². The maximum Gasteiger partial charge on any atom is 0.296 e. The van der Waals surface area contributed by atoms with E-state index in [1.807, 2.05) is 23.1 Å². The third-order valence-electron chi connectivity index (χ3n) is 6.09. The summed E-state index contributed by atoms with van der Waals surface area (Å²) in [4.78, 5) is 27.6. The monoisotopic (exact) mass is 507 g/mol. The molecule has 1 fully saturated rings. The standard InChI is InChI=1S/C26H27F2N7O2/c27-24(28)25-31-19-4-1-2-5-21(19)35(25)26-32-20(16-22(33-26)34-12-14-37-15-13-34)17-7-9-18(10-8-17)30-23(36)6-3-11-29/h1-2,4-5,7-10,16,24H,3,6,11-15,29H2,(H,30,36). The number of nitrogens with two attached hydrogens (primary N) is 1. The molecule has 5 rings (SSSR count). The van der Waals surface area contributed by atoms with Crippen molar-refractivity contribution in [3.8, 4) is 17.2 Å². The first kappa shape index (κ1) is 24.7. The van der Waals surface area contributed by atoms with Gasteiger partial charge in [0.1, 0.15) is 5.82 Å². The summed E-state index contributed by atoms with van der Waals surface area (Å²) in [5.74, 6) is 0.202. The number of anilines is 2. The number of aromatic nitrogens is 4. The molecule has 1 aliphatic rings. The lowest BCUT2D eigenvalue weighted by molar-refractivity contribution is -0.116. The van der Waals surface area contributed by atoms with Gasteiger partial charge in [-0.1, -0.05) is 24.3 Å². The zero-order valence-electron chi connectivity index (χ0n) is 20.1. The fraction of sp³-hybridized carbons (Fsp3) is 0.308. The van der Waals surface area contributed by atoms with Gasteiger partial charge in [0.15, 0.2) is 5.82 Å².